The number of aromatic nitrogens is 1. The quantitative estimate of drug-likeness (QED) is 0.757. The number of aromatic amines is 1. The van der Waals surface area contributed by atoms with Crippen LogP contribution in [0.25, 0.3) is 10.9 Å². The maximum atomic E-state index is 12.7. The Labute approximate surface area is 148 Å². The molecule has 2 aromatic carbocycles. The van der Waals surface area contributed by atoms with Gasteiger partial charge in [0.15, 0.2) is 0 Å². The molecular weight excluding hydrogens is 308 g/mol. The lowest BCUT2D eigenvalue weighted by Gasteiger charge is -2.32. The van der Waals surface area contributed by atoms with E-state index in [2.05, 4.69) is 54.4 Å². The Morgan fingerprint density at radius 2 is 2.04 bits per heavy atom. The SMILES string of the molecule is Cc1cccc(CC(=O)N2CCCC(c3cc4ccccc4[nH]3)C2)c1. The number of H-pyrrole nitrogens is 1. The van der Waals surface area contributed by atoms with Crippen molar-refractivity contribution >= 4 is 16.8 Å². The van der Waals surface area contributed by atoms with Gasteiger partial charge in [0.05, 0.1) is 6.42 Å². The number of likely N-dealkylation sites (tertiary alicyclic amines) is 1. The minimum atomic E-state index is 0.242. The van der Waals surface area contributed by atoms with Crippen LogP contribution in [0.2, 0.25) is 0 Å². The van der Waals surface area contributed by atoms with Crippen LogP contribution in [0, 0.1) is 6.92 Å². The highest BCUT2D eigenvalue weighted by molar-refractivity contribution is 5.81. The molecule has 3 nitrogen and oxygen atoms in total. The van der Waals surface area contributed by atoms with E-state index < -0.39 is 0 Å². The third-order valence-electron chi connectivity index (χ3n) is 5.20. The first-order valence-corrected chi connectivity index (χ1v) is 9.10. The number of nitrogens with zero attached hydrogens (tertiary/aromatic N) is 1. The van der Waals surface area contributed by atoms with Gasteiger partial charge in [-0.1, -0.05) is 48.0 Å². The minimum Gasteiger partial charge on any atom is -0.358 e. The number of hydrogen-bond donors (Lipinski definition) is 1. The van der Waals surface area contributed by atoms with Crippen molar-refractivity contribution in [3.8, 4) is 0 Å². The minimum absolute atomic E-state index is 0.242. The summed E-state index contributed by atoms with van der Waals surface area (Å²) in [7, 11) is 0. The first-order valence-electron chi connectivity index (χ1n) is 9.10. The number of carbonyl (C=O) groups is 1. The van der Waals surface area contributed by atoms with Crippen LogP contribution in [-0.4, -0.2) is 28.9 Å². The van der Waals surface area contributed by atoms with Crippen LogP contribution in [0.5, 0.6) is 0 Å². The zero-order valence-electron chi connectivity index (χ0n) is 14.7. The molecule has 3 heteroatoms. The number of hydrogen-bond acceptors (Lipinski definition) is 1. The Kier molecular flexibility index (Phi) is 4.31. The second-order valence-corrected chi connectivity index (χ2v) is 7.16. The van der Waals surface area contributed by atoms with Gasteiger partial charge in [-0.15, -0.1) is 0 Å². The third kappa shape index (κ3) is 3.46. The van der Waals surface area contributed by atoms with Crippen LogP contribution in [0.15, 0.2) is 54.6 Å². The molecule has 1 N–H and O–H groups in total. The smallest absolute Gasteiger partial charge is 0.227 e. The number of para-hydroxylation sites is 1. The number of fused-ring (bicyclic) bond motifs is 1. The number of aryl methyl sites for hydroxylation is 1. The molecule has 25 heavy (non-hydrogen) atoms. The topological polar surface area (TPSA) is 36.1 Å². The van der Waals surface area contributed by atoms with Gasteiger partial charge in [0.1, 0.15) is 0 Å². The zero-order valence-corrected chi connectivity index (χ0v) is 14.7. The van der Waals surface area contributed by atoms with Crippen molar-refractivity contribution in [3.05, 3.63) is 71.4 Å². The van der Waals surface area contributed by atoms with E-state index in [9.17, 15) is 4.79 Å². The van der Waals surface area contributed by atoms with Crippen molar-refractivity contribution in [1.29, 1.82) is 0 Å². The molecule has 1 saturated heterocycles. The van der Waals surface area contributed by atoms with Gasteiger partial charge in [0, 0.05) is 30.2 Å². The molecule has 1 unspecified atom stereocenters. The van der Waals surface area contributed by atoms with Crippen LogP contribution < -0.4 is 0 Å². The van der Waals surface area contributed by atoms with Gasteiger partial charge in [-0.05, 0) is 42.8 Å². The van der Waals surface area contributed by atoms with E-state index in [-0.39, 0.29) is 5.91 Å². The Balaban J connectivity index is 1.47. The van der Waals surface area contributed by atoms with Crippen LogP contribution in [0.4, 0.5) is 0 Å². The molecule has 0 bridgehead atoms. The van der Waals surface area contributed by atoms with E-state index in [1.807, 2.05) is 17.0 Å². The standard InChI is InChI=1S/C22H24N2O/c1-16-6-4-7-17(12-16)13-22(25)24-11-5-9-19(15-24)21-14-18-8-2-3-10-20(18)23-21/h2-4,6-8,10,12,14,19,23H,5,9,11,13,15H2,1H3. The van der Waals surface area contributed by atoms with Crippen LogP contribution in [0.1, 0.15) is 35.6 Å². The molecule has 0 spiro atoms. The normalized spacial score (nSPS) is 17.8. The monoisotopic (exact) mass is 332 g/mol. The van der Waals surface area contributed by atoms with Crippen molar-refractivity contribution in [3.63, 3.8) is 0 Å². The number of benzene rings is 2. The Morgan fingerprint density at radius 3 is 2.88 bits per heavy atom. The van der Waals surface area contributed by atoms with Crippen LogP contribution in [0.3, 0.4) is 0 Å². The Morgan fingerprint density at radius 1 is 1.16 bits per heavy atom. The van der Waals surface area contributed by atoms with Crippen molar-refractivity contribution < 1.29 is 4.79 Å². The molecule has 0 aliphatic carbocycles. The molecule has 0 radical (unpaired) electrons. The predicted octanol–water partition coefficient (Wildman–Crippen LogP) is 4.43. The lowest BCUT2D eigenvalue weighted by atomic mass is 9.94. The second kappa shape index (κ2) is 6.75. The molecule has 1 aromatic heterocycles. The molecule has 4 rings (SSSR count). The molecule has 1 amide bonds. The lowest BCUT2D eigenvalue weighted by molar-refractivity contribution is -0.131. The summed E-state index contributed by atoms with van der Waals surface area (Å²) in [5, 5.41) is 1.25. The molecule has 128 valence electrons. The Hall–Kier alpha value is -2.55. The first kappa shape index (κ1) is 15.9. The highest BCUT2D eigenvalue weighted by Gasteiger charge is 2.25. The molecule has 1 aliphatic rings. The fourth-order valence-corrected chi connectivity index (χ4v) is 3.88. The van der Waals surface area contributed by atoms with E-state index in [1.165, 1.54) is 22.2 Å². The molecule has 0 saturated carbocycles. The van der Waals surface area contributed by atoms with Gasteiger partial charge in [-0.25, -0.2) is 0 Å². The fourth-order valence-electron chi connectivity index (χ4n) is 3.88. The van der Waals surface area contributed by atoms with E-state index in [0.717, 1.165) is 31.5 Å². The Bertz CT molecular complexity index is 863. The highest BCUT2D eigenvalue weighted by atomic mass is 16.2. The van der Waals surface area contributed by atoms with Gasteiger partial charge >= 0.3 is 0 Å². The number of rotatable bonds is 3. The average molecular weight is 332 g/mol. The zero-order chi connectivity index (χ0) is 17.2. The van der Waals surface area contributed by atoms with Gasteiger partial charge in [0.2, 0.25) is 5.91 Å². The lowest BCUT2D eigenvalue weighted by Crippen LogP contribution is -2.40. The maximum absolute atomic E-state index is 12.7. The number of amides is 1. The summed E-state index contributed by atoms with van der Waals surface area (Å²) >= 11 is 0. The van der Waals surface area contributed by atoms with E-state index in [0.29, 0.717) is 12.3 Å². The summed E-state index contributed by atoms with van der Waals surface area (Å²) in [6.07, 6.45) is 2.71. The molecule has 1 atom stereocenters. The van der Waals surface area contributed by atoms with E-state index in [1.54, 1.807) is 0 Å². The summed E-state index contributed by atoms with van der Waals surface area (Å²) in [5.41, 5.74) is 4.76. The van der Waals surface area contributed by atoms with Crippen molar-refractivity contribution in [2.45, 2.75) is 32.1 Å². The molecular formula is C22H24N2O. The van der Waals surface area contributed by atoms with Gasteiger partial charge in [-0.2, -0.15) is 0 Å². The number of piperidine rings is 1. The first-order chi connectivity index (χ1) is 12.2. The van der Waals surface area contributed by atoms with Gasteiger partial charge in [0.25, 0.3) is 0 Å². The van der Waals surface area contributed by atoms with Crippen LogP contribution in [-0.2, 0) is 11.2 Å². The summed E-state index contributed by atoms with van der Waals surface area (Å²) in [5.74, 6) is 0.647. The molecule has 1 aliphatic heterocycles. The van der Waals surface area contributed by atoms with E-state index >= 15 is 0 Å². The van der Waals surface area contributed by atoms with Crippen molar-refractivity contribution in [2.24, 2.45) is 0 Å². The molecule has 2 heterocycles. The van der Waals surface area contributed by atoms with Gasteiger partial charge < -0.3 is 9.88 Å². The summed E-state index contributed by atoms with van der Waals surface area (Å²) in [6, 6.07) is 18.9. The third-order valence-corrected chi connectivity index (χ3v) is 5.20. The van der Waals surface area contributed by atoms with Crippen molar-refractivity contribution in [1.82, 2.24) is 9.88 Å². The van der Waals surface area contributed by atoms with Gasteiger partial charge in [-0.3, -0.25) is 4.79 Å². The molecule has 1 fully saturated rings. The largest absolute Gasteiger partial charge is 0.358 e. The summed E-state index contributed by atoms with van der Waals surface area (Å²) in [4.78, 5) is 18.3. The van der Waals surface area contributed by atoms with Crippen molar-refractivity contribution in [2.75, 3.05) is 13.1 Å². The summed E-state index contributed by atoms with van der Waals surface area (Å²) < 4.78 is 0. The van der Waals surface area contributed by atoms with Crippen LogP contribution >= 0.6 is 0 Å². The number of carbonyl (C=O) groups excluding carboxylic acids is 1. The maximum Gasteiger partial charge on any atom is 0.227 e. The highest BCUT2D eigenvalue weighted by Crippen LogP contribution is 2.29. The average Bonchev–Trinajstić information content (AvgIpc) is 3.06. The van der Waals surface area contributed by atoms with E-state index in [4.69, 9.17) is 0 Å². The molecule has 3 aromatic rings. The fraction of sp³-hybridized carbons (Fsp3) is 0.318. The second-order valence-electron chi connectivity index (χ2n) is 7.16. The summed E-state index contributed by atoms with van der Waals surface area (Å²) in [6.45, 7) is 3.76. The predicted molar refractivity (Wildman–Crippen MR) is 102 cm³/mol. The number of nitrogens with one attached hydrogen (secondary N) is 1.